The van der Waals surface area contributed by atoms with Crippen molar-refractivity contribution in [1.82, 2.24) is 15.3 Å². The first-order valence-electron chi connectivity index (χ1n) is 8.96. The Labute approximate surface area is 184 Å². The number of allylic oxidation sites excluding steroid dienone is 3. The van der Waals surface area contributed by atoms with E-state index in [0.29, 0.717) is 39.1 Å². The molecule has 0 atom stereocenters. The zero-order valence-electron chi connectivity index (χ0n) is 17.2. The van der Waals surface area contributed by atoms with Crippen molar-refractivity contribution in [2.24, 2.45) is 0 Å². The average molecular weight is 474 g/mol. The summed E-state index contributed by atoms with van der Waals surface area (Å²) in [6.45, 7) is 7.10. The number of hydrogen-bond acceptors (Lipinski definition) is 7. The number of nitrogens with one attached hydrogen (secondary N) is 3. The quantitative estimate of drug-likeness (QED) is 0.363. The number of nitrogens with zero attached hydrogens (tertiary/aromatic N) is 2. The van der Waals surface area contributed by atoms with Gasteiger partial charge in [0.25, 0.3) is 0 Å². The summed E-state index contributed by atoms with van der Waals surface area (Å²) in [6, 6.07) is 5.40. The predicted molar refractivity (Wildman–Crippen MR) is 122 cm³/mol. The smallest absolute Gasteiger partial charge is 0.247 e. The standard InChI is InChI=1S/C21H24BrN5O3/c1-6-14(10-13(3)24-19(28)7-2)25-20-16(22)12-23-21(27-20)26-17-9-8-15(29-4)11-18(17)30-5/h6-12H,2H2,1,3-5H3,(H,24,28)(H2,23,25,26,27)/b13-10+,14-6+. The Bertz CT molecular complexity index is 989. The van der Waals surface area contributed by atoms with E-state index in [4.69, 9.17) is 9.47 Å². The molecule has 1 aromatic carbocycles. The van der Waals surface area contributed by atoms with E-state index >= 15 is 0 Å². The molecular weight excluding hydrogens is 450 g/mol. The molecular formula is C21H24BrN5O3. The van der Waals surface area contributed by atoms with E-state index in [1.54, 1.807) is 39.5 Å². The van der Waals surface area contributed by atoms with Crippen LogP contribution >= 0.6 is 15.9 Å². The van der Waals surface area contributed by atoms with Crippen LogP contribution in [0.4, 0.5) is 17.5 Å². The summed E-state index contributed by atoms with van der Waals surface area (Å²) < 4.78 is 11.3. The zero-order valence-corrected chi connectivity index (χ0v) is 18.8. The summed E-state index contributed by atoms with van der Waals surface area (Å²) in [5.74, 6) is 1.93. The van der Waals surface area contributed by atoms with Crippen molar-refractivity contribution in [3.63, 3.8) is 0 Å². The van der Waals surface area contributed by atoms with E-state index in [2.05, 4.69) is 48.4 Å². The van der Waals surface area contributed by atoms with Crippen LogP contribution in [0.3, 0.4) is 0 Å². The molecule has 2 aromatic rings. The topological polar surface area (TPSA) is 97.4 Å². The Balaban J connectivity index is 2.23. The van der Waals surface area contributed by atoms with Gasteiger partial charge in [-0.25, -0.2) is 4.98 Å². The van der Waals surface area contributed by atoms with Gasteiger partial charge in [-0.05, 0) is 54.1 Å². The van der Waals surface area contributed by atoms with Gasteiger partial charge in [-0.3, -0.25) is 4.79 Å². The molecule has 0 aliphatic rings. The van der Waals surface area contributed by atoms with Gasteiger partial charge < -0.3 is 25.4 Å². The minimum absolute atomic E-state index is 0.276. The molecule has 2 rings (SSSR count). The van der Waals surface area contributed by atoms with Crippen LogP contribution in [0.15, 0.2) is 65.1 Å². The van der Waals surface area contributed by atoms with E-state index in [0.717, 1.165) is 5.70 Å². The number of benzene rings is 1. The number of anilines is 3. The van der Waals surface area contributed by atoms with Gasteiger partial charge in [-0.1, -0.05) is 12.7 Å². The van der Waals surface area contributed by atoms with Gasteiger partial charge in [0.1, 0.15) is 17.3 Å². The fourth-order valence-corrected chi connectivity index (χ4v) is 2.67. The number of hydrogen-bond donors (Lipinski definition) is 3. The second kappa shape index (κ2) is 11.0. The molecule has 0 fully saturated rings. The molecule has 1 amide bonds. The molecule has 0 unspecified atom stereocenters. The first kappa shape index (κ1) is 23.0. The lowest BCUT2D eigenvalue weighted by molar-refractivity contribution is -0.115. The molecule has 0 radical (unpaired) electrons. The second-order valence-electron chi connectivity index (χ2n) is 5.97. The van der Waals surface area contributed by atoms with Crippen LogP contribution in [0.2, 0.25) is 0 Å². The van der Waals surface area contributed by atoms with Crippen LogP contribution in [-0.2, 0) is 4.79 Å². The Morgan fingerprint density at radius 1 is 1.27 bits per heavy atom. The van der Waals surface area contributed by atoms with Gasteiger partial charge in [0, 0.05) is 23.7 Å². The summed E-state index contributed by atoms with van der Waals surface area (Å²) in [7, 11) is 3.17. The lowest BCUT2D eigenvalue weighted by Gasteiger charge is -2.14. The molecule has 8 nitrogen and oxygen atoms in total. The summed E-state index contributed by atoms with van der Waals surface area (Å²) in [6.07, 6.45) is 6.50. The largest absolute Gasteiger partial charge is 0.497 e. The Hall–Kier alpha value is -3.33. The number of halogens is 1. The van der Waals surface area contributed by atoms with Gasteiger partial charge in [0.15, 0.2) is 0 Å². The van der Waals surface area contributed by atoms with Crippen LogP contribution < -0.4 is 25.4 Å². The SMILES string of the molecule is C=CC(=O)N/C(C)=C/C(=C\C)Nc1nc(Nc2ccc(OC)cc2OC)ncc1Br. The van der Waals surface area contributed by atoms with Crippen molar-refractivity contribution in [3.8, 4) is 11.5 Å². The lowest BCUT2D eigenvalue weighted by Crippen LogP contribution is -2.18. The summed E-state index contributed by atoms with van der Waals surface area (Å²) >= 11 is 3.45. The Morgan fingerprint density at radius 3 is 2.67 bits per heavy atom. The first-order valence-corrected chi connectivity index (χ1v) is 9.76. The monoisotopic (exact) mass is 473 g/mol. The molecule has 0 aliphatic carbocycles. The summed E-state index contributed by atoms with van der Waals surface area (Å²) in [5, 5.41) is 9.06. The molecule has 158 valence electrons. The number of carbonyl (C=O) groups is 1. The number of ether oxygens (including phenoxy) is 2. The predicted octanol–water partition coefficient (Wildman–Crippen LogP) is 4.52. The van der Waals surface area contributed by atoms with Crippen LogP contribution in [0.25, 0.3) is 0 Å². The van der Waals surface area contributed by atoms with Crippen molar-refractivity contribution >= 4 is 39.3 Å². The molecule has 0 saturated heterocycles. The van der Waals surface area contributed by atoms with Gasteiger partial charge >= 0.3 is 0 Å². The van der Waals surface area contributed by atoms with Crippen LogP contribution in [0.5, 0.6) is 11.5 Å². The van der Waals surface area contributed by atoms with E-state index < -0.39 is 0 Å². The van der Waals surface area contributed by atoms with Gasteiger partial charge in [0.05, 0.1) is 24.4 Å². The number of carbonyl (C=O) groups excluding carboxylic acids is 1. The Kier molecular flexibility index (Phi) is 8.42. The highest BCUT2D eigenvalue weighted by atomic mass is 79.9. The highest BCUT2D eigenvalue weighted by Crippen LogP contribution is 2.31. The maximum Gasteiger partial charge on any atom is 0.247 e. The van der Waals surface area contributed by atoms with Crippen LogP contribution in [0, 0.1) is 0 Å². The third-order valence-electron chi connectivity index (χ3n) is 3.85. The minimum Gasteiger partial charge on any atom is -0.497 e. The third kappa shape index (κ3) is 6.35. The molecule has 3 N–H and O–H groups in total. The van der Waals surface area contributed by atoms with Crippen molar-refractivity contribution in [2.45, 2.75) is 13.8 Å². The van der Waals surface area contributed by atoms with Crippen molar-refractivity contribution in [3.05, 3.63) is 65.1 Å². The van der Waals surface area contributed by atoms with Crippen LogP contribution in [-0.4, -0.2) is 30.1 Å². The van der Waals surface area contributed by atoms with Gasteiger partial charge in [0.2, 0.25) is 11.9 Å². The molecule has 1 aromatic heterocycles. The lowest BCUT2D eigenvalue weighted by atomic mass is 10.2. The number of rotatable bonds is 9. The van der Waals surface area contributed by atoms with E-state index in [1.165, 1.54) is 6.08 Å². The highest BCUT2D eigenvalue weighted by molar-refractivity contribution is 9.10. The molecule has 30 heavy (non-hydrogen) atoms. The number of methoxy groups -OCH3 is 2. The first-order chi connectivity index (χ1) is 14.4. The molecule has 0 aliphatic heterocycles. The van der Waals surface area contributed by atoms with Gasteiger partial charge in [-0.2, -0.15) is 4.98 Å². The van der Waals surface area contributed by atoms with Crippen molar-refractivity contribution in [1.29, 1.82) is 0 Å². The van der Waals surface area contributed by atoms with E-state index in [1.807, 2.05) is 25.1 Å². The fraction of sp³-hybridized carbons (Fsp3) is 0.190. The molecule has 9 heteroatoms. The maximum atomic E-state index is 11.5. The minimum atomic E-state index is -0.276. The molecule has 1 heterocycles. The van der Waals surface area contributed by atoms with Crippen molar-refractivity contribution in [2.75, 3.05) is 24.9 Å². The van der Waals surface area contributed by atoms with Crippen LogP contribution in [0.1, 0.15) is 13.8 Å². The fourth-order valence-electron chi connectivity index (χ4n) is 2.38. The van der Waals surface area contributed by atoms with E-state index in [-0.39, 0.29) is 5.91 Å². The Morgan fingerprint density at radius 2 is 2.03 bits per heavy atom. The number of amides is 1. The maximum absolute atomic E-state index is 11.5. The second-order valence-corrected chi connectivity index (χ2v) is 6.83. The zero-order chi connectivity index (χ0) is 22.1. The van der Waals surface area contributed by atoms with Gasteiger partial charge in [-0.15, -0.1) is 0 Å². The normalized spacial score (nSPS) is 11.5. The van der Waals surface area contributed by atoms with E-state index in [9.17, 15) is 4.79 Å². The number of aromatic nitrogens is 2. The highest BCUT2D eigenvalue weighted by Gasteiger charge is 2.10. The molecule has 0 saturated carbocycles. The van der Waals surface area contributed by atoms with Crippen molar-refractivity contribution < 1.29 is 14.3 Å². The molecule has 0 bridgehead atoms. The molecule has 0 spiro atoms. The third-order valence-corrected chi connectivity index (χ3v) is 4.43. The summed E-state index contributed by atoms with van der Waals surface area (Å²) in [4.78, 5) is 20.3. The average Bonchev–Trinajstić information content (AvgIpc) is 2.75. The summed E-state index contributed by atoms with van der Waals surface area (Å²) in [5.41, 5.74) is 2.09.